The molecule has 1 aliphatic carbocycles. The Morgan fingerprint density at radius 3 is 2.44 bits per heavy atom. The van der Waals surface area contributed by atoms with Crippen LogP contribution in [0.15, 0.2) is 42.5 Å². The van der Waals surface area contributed by atoms with Gasteiger partial charge in [0.05, 0.1) is 5.41 Å². The lowest BCUT2D eigenvalue weighted by Crippen LogP contribution is -2.38. The van der Waals surface area contributed by atoms with E-state index in [0.717, 1.165) is 37.0 Å². The lowest BCUT2D eigenvalue weighted by Gasteiger charge is -2.30. The van der Waals surface area contributed by atoms with Crippen LogP contribution in [0.4, 0.5) is 5.69 Å². The maximum atomic E-state index is 13.3. The van der Waals surface area contributed by atoms with Gasteiger partial charge in [-0.25, -0.2) is 0 Å². The van der Waals surface area contributed by atoms with Gasteiger partial charge in [-0.15, -0.1) is 0 Å². The number of anilines is 1. The number of carbonyl (C=O) groups excluding carboxylic acids is 2. The predicted molar refractivity (Wildman–Crippen MR) is 103 cm³/mol. The molecule has 0 radical (unpaired) electrons. The molecule has 1 saturated carbocycles. The van der Waals surface area contributed by atoms with Gasteiger partial charge in [0, 0.05) is 11.3 Å². The van der Waals surface area contributed by atoms with Gasteiger partial charge in [0.2, 0.25) is 5.91 Å². The number of carbonyl (C=O) groups is 2. The van der Waals surface area contributed by atoms with Crippen LogP contribution in [0, 0.1) is 0 Å². The summed E-state index contributed by atoms with van der Waals surface area (Å²) >= 11 is 0. The first kappa shape index (κ1) is 17.6. The number of hydrogen-bond acceptors (Lipinski definition) is 4. The predicted octanol–water partition coefficient (Wildman–Crippen LogP) is 4.11. The van der Waals surface area contributed by atoms with Crippen LogP contribution in [0.25, 0.3) is 0 Å². The van der Waals surface area contributed by atoms with Crippen molar-refractivity contribution in [1.82, 2.24) is 0 Å². The molecule has 2 aliphatic rings. The molecule has 0 spiro atoms. The molecule has 2 aromatic rings. The summed E-state index contributed by atoms with van der Waals surface area (Å²) in [5, 5.41) is 3.04. The summed E-state index contributed by atoms with van der Waals surface area (Å²) in [7, 11) is 0. The number of rotatable bonds is 4. The first-order chi connectivity index (χ1) is 13.1. The molecular weight excluding hydrogens is 342 g/mol. The van der Waals surface area contributed by atoms with Crippen molar-refractivity contribution in [3.63, 3.8) is 0 Å². The molecule has 0 bridgehead atoms. The molecular formula is C22H23NO4. The van der Waals surface area contributed by atoms with Gasteiger partial charge in [0.1, 0.15) is 13.2 Å². The van der Waals surface area contributed by atoms with Gasteiger partial charge in [-0.3, -0.25) is 9.59 Å². The number of ether oxygens (including phenoxy) is 2. The molecule has 1 amide bonds. The maximum absolute atomic E-state index is 13.3. The highest BCUT2D eigenvalue weighted by Gasteiger charge is 2.43. The minimum absolute atomic E-state index is 0.0199. The van der Waals surface area contributed by atoms with Gasteiger partial charge in [-0.05, 0) is 49.6 Å². The fraction of sp³-hybridized carbons (Fsp3) is 0.364. The van der Waals surface area contributed by atoms with Gasteiger partial charge < -0.3 is 14.8 Å². The molecule has 1 fully saturated rings. The van der Waals surface area contributed by atoms with E-state index in [-0.39, 0.29) is 11.7 Å². The number of hydrogen-bond donors (Lipinski definition) is 1. The SMILES string of the molecule is CC(=O)c1cccc(NC(=O)C2(c3ccc4c(c3)OCCO4)CCCC2)c1. The van der Waals surface area contributed by atoms with E-state index < -0.39 is 5.41 Å². The largest absolute Gasteiger partial charge is 0.486 e. The van der Waals surface area contributed by atoms with Crippen molar-refractivity contribution >= 4 is 17.4 Å². The van der Waals surface area contributed by atoms with E-state index in [1.54, 1.807) is 18.2 Å². The van der Waals surface area contributed by atoms with Gasteiger partial charge in [0.15, 0.2) is 17.3 Å². The van der Waals surface area contributed by atoms with E-state index >= 15 is 0 Å². The van der Waals surface area contributed by atoms with Crippen molar-refractivity contribution in [2.24, 2.45) is 0 Å². The minimum Gasteiger partial charge on any atom is -0.486 e. The number of amides is 1. The van der Waals surface area contributed by atoms with E-state index in [1.165, 1.54) is 6.92 Å². The first-order valence-electron chi connectivity index (χ1n) is 9.41. The molecule has 0 aromatic heterocycles. The van der Waals surface area contributed by atoms with Gasteiger partial charge in [0.25, 0.3) is 0 Å². The Balaban J connectivity index is 1.65. The zero-order valence-corrected chi connectivity index (χ0v) is 15.4. The number of ketones is 1. The van der Waals surface area contributed by atoms with E-state index in [2.05, 4.69) is 5.32 Å². The maximum Gasteiger partial charge on any atom is 0.235 e. The molecule has 1 aliphatic heterocycles. The van der Waals surface area contributed by atoms with Crippen LogP contribution in [0.5, 0.6) is 11.5 Å². The molecule has 0 saturated heterocycles. The van der Waals surface area contributed by atoms with Crippen LogP contribution < -0.4 is 14.8 Å². The topological polar surface area (TPSA) is 64.6 Å². The van der Waals surface area contributed by atoms with Gasteiger partial charge in [-0.1, -0.05) is 31.0 Å². The number of Topliss-reactive ketones (excluding diaryl/α,β-unsaturated/α-hetero) is 1. The van der Waals surface area contributed by atoms with Crippen molar-refractivity contribution in [2.45, 2.75) is 38.0 Å². The zero-order chi connectivity index (χ0) is 18.9. The number of benzene rings is 2. The first-order valence-corrected chi connectivity index (χ1v) is 9.41. The molecule has 1 N–H and O–H groups in total. The smallest absolute Gasteiger partial charge is 0.235 e. The van der Waals surface area contributed by atoms with E-state index in [1.807, 2.05) is 24.3 Å². The molecule has 0 atom stereocenters. The van der Waals surface area contributed by atoms with Crippen LogP contribution in [-0.2, 0) is 10.2 Å². The average molecular weight is 365 g/mol. The Bertz CT molecular complexity index is 884. The van der Waals surface area contributed by atoms with Crippen LogP contribution in [0.1, 0.15) is 48.5 Å². The molecule has 4 rings (SSSR count). The lowest BCUT2D eigenvalue weighted by atomic mass is 9.77. The molecule has 140 valence electrons. The van der Waals surface area contributed by atoms with Crippen molar-refractivity contribution in [1.29, 1.82) is 0 Å². The van der Waals surface area contributed by atoms with Crippen LogP contribution >= 0.6 is 0 Å². The van der Waals surface area contributed by atoms with Gasteiger partial charge >= 0.3 is 0 Å². The highest BCUT2D eigenvalue weighted by atomic mass is 16.6. The summed E-state index contributed by atoms with van der Waals surface area (Å²) in [5.74, 6) is 1.38. The minimum atomic E-state index is -0.581. The third kappa shape index (κ3) is 3.29. The summed E-state index contributed by atoms with van der Waals surface area (Å²) in [6.07, 6.45) is 3.61. The summed E-state index contributed by atoms with van der Waals surface area (Å²) in [6.45, 7) is 2.59. The van der Waals surface area contributed by atoms with Gasteiger partial charge in [-0.2, -0.15) is 0 Å². The number of nitrogens with one attached hydrogen (secondary N) is 1. The van der Waals surface area contributed by atoms with Crippen LogP contribution in [0.2, 0.25) is 0 Å². The molecule has 5 heteroatoms. The molecule has 27 heavy (non-hydrogen) atoms. The standard InChI is InChI=1S/C22H23NO4/c1-15(24)16-5-4-6-18(13-16)23-21(25)22(9-2-3-10-22)17-7-8-19-20(14-17)27-12-11-26-19/h4-8,13-14H,2-3,9-12H2,1H3,(H,23,25). The quantitative estimate of drug-likeness (QED) is 0.828. The molecule has 2 aromatic carbocycles. The van der Waals surface area contributed by atoms with E-state index in [9.17, 15) is 9.59 Å². The second kappa shape index (κ2) is 7.06. The molecule has 0 unspecified atom stereocenters. The fourth-order valence-electron chi connectivity index (χ4n) is 4.03. The number of fused-ring (bicyclic) bond motifs is 1. The van der Waals surface area contributed by atoms with Crippen LogP contribution in [-0.4, -0.2) is 24.9 Å². The van der Waals surface area contributed by atoms with Crippen molar-refractivity contribution in [3.8, 4) is 11.5 Å². The zero-order valence-electron chi connectivity index (χ0n) is 15.4. The summed E-state index contributed by atoms with van der Waals surface area (Å²) in [5.41, 5.74) is 1.62. The van der Waals surface area contributed by atoms with E-state index in [0.29, 0.717) is 30.2 Å². The fourth-order valence-corrected chi connectivity index (χ4v) is 4.03. The summed E-state index contributed by atoms with van der Waals surface area (Å²) in [6, 6.07) is 12.9. The highest BCUT2D eigenvalue weighted by molar-refractivity contribution is 6.01. The average Bonchev–Trinajstić information content (AvgIpc) is 3.19. The van der Waals surface area contributed by atoms with Crippen LogP contribution in [0.3, 0.4) is 0 Å². The Morgan fingerprint density at radius 2 is 1.70 bits per heavy atom. The normalized spacial score (nSPS) is 17.4. The monoisotopic (exact) mass is 365 g/mol. The third-order valence-electron chi connectivity index (χ3n) is 5.51. The molecule has 5 nitrogen and oxygen atoms in total. The highest BCUT2D eigenvalue weighted by Crippen LogP contribution is 2.45. The Morgan fingerprint density at radius 1 is 0.963 bits per heavy atom. The third-order valence-corrected chi connectivity index (χ3v) is 5.51. The molecule has 1 heterocycles. The Labute approximate surface area is 158 Å². The second-order valence-corrected chi connectivity index (χ2v) is 7.24. The van der Waals surface area contributed by atoms with E-state index in [4.69, 9.17) is 9.47 Å². The summed E-state index contributed by atoms with van der Waals surface area (Å²) < 4.78 is 11.3. The Hall–Kier alpha value is -2.82. The summed E-state index contributed by atoms with van der Waals surface area (Å²) in [4.78, 5) is 24.9. The second-order valence-electron chi connectivity index (χ2n) is 7.24. The lowest BCUT2D eigenvalue weighted by molar-refractivity contribution is -0.121. The van der Waals surface area contributed by atoms with Crippen molar-refractivity contribution in [2.75, 3.05) is 18.5 Å². The van der Waals surface area contributed by atoms with Crippen molar-refractivity contribution < 1.29 is 19.1 Å². The van der Waals surface area contributed by atoms with Crippen molar-refractivity contribution in [3.05, 3.63) is 53.6 Å². The Kier molecular flexibility index (Phi) is 4.60.